The lowest BCUT2D eigenvalue weighted by atomic mass is 9.94. The van der Waals surface area contributed by atoms with Gasteiger partial charge in [0.15, 0.2) is 0 Å². The second-order valence-electron chi connectivity index (χ2n) is 5.06. The third-order valence-electron chi connectivity index (χ3n) is 3.85. The maximum atomic E-state index is 5.69. The van der Waals surface area contributed by atoms with Crippen molar-refractivity contribution in [3.63, 3.8) is 0 Å². The van der Waals surface area contributed by atoms with Crippen LogP contribution >= 0.6 is 0 Å². The molecule has 0 aromatic heterocycles. The molecule has 0 amide bonds. The van der Waals surface area contributed by atoms with E-state index in [4.69, 9.17) is 4.74 Å². The van der Waals surface area contributed by atoms with Gasteiger partial charge in [0, 0.05) is 25.7 Å². The van der Waals surface area contributed by atoms with Crippen molar-refractivity contribution in [2.75, 3.05) is 33.3 Å². The van der Waals surface area contributed by atoms with E-state index in [9.17, 15) is 0 Å². The molecule has 2 aliphatic heterocycles. The molecule has 1 N–H and O–H groups in total. The van der Waals surface area contributed by atoms with Crippen LogP contribution in [-0.2, 0) is 4.74 Å². The second-order valence-corrected chi connectivity index (χ2v) is 5.06. The highest BCUT2D eigenvalue weighted by Gasteiger charge is 2.27. The molecule has 2 rings (SSSR count). The Morgan fingerprint density at radius 2 is 2.27 bits per heavy atom. The topological polar surface area (TPSA) is 24.5 Å². The molecule has 0 spiro atoms. The van der Waals surface area contributed by atoms with E-state index >= 15 is 0 Å². The van der Waals surface area contributed by atoms with Crippen molar-refractivity contribution in [3.05, 3.63) is 0 Å². The Hall–Kier alpha value is -0.120. The minimum absolute atomic E-state index is 0.517. The zero-order valence-electron chi connectivity index (χ0n) is 10.0. The van der Waals surface area contributed by atoms with Crippen molar-refractivity contribution < 1.29 is 4.74 Å². The van der Waals surface area contributed by atoms with Gasteiger partial charge >= 0.3 is 0 Å². The molecule has 0 aliphatic carbocycles. The lowest BCUT2D eigenvalue weighted by molar-refractivity contribution is 0.0521. The van der Waals surface area contributed by atoms with Gasteiger partial charge in [0.05, 0.1) is 6.10 Å². The predicted octanol–water partition coefficient (Wildman–Crippen LogP) is 1.10. The molecule has 3 nitrogen and oxygen atoms in total. The van der Waals surface area contributed by atoms with Crippen molar-refractivity contribution in [2.45, 2.75) is 38.3 Å². The van der Waals surface area contributed by atoms with Gasteiger partial charge in [0.2, 0.25) is 0 Å². The molecule has 88 valence electrons. The zero-order chi connectivity index (χ0) is 10.7. The maximum Gasteiger partial charge on any atom is 0.0702 e. The summed E-state index contributed by atoms with van der Waals surface area (Å²) < 4.78 is 5.69. The summed E-state index contributed by atoms with van der Waals surface area (Å²) in [5, 5.41) is 3.41. The van der Waals surface area contributed by atoms with E-state index in [1.165, 1.54) is 32.4 Å². The van der Waals surface area contributed by atoms with E-state index in [2.05, 4.69) is 24.2 Å². The van der Waals surface area contributed by atoms with Crippen LogP contribution in [0.4, 0.5) is 0 Å². The van der Waals surface area contributed by atoms with Crippen LogP contribution in [0.25, 0.3) is 0 Å². The molecule has 3 atom stereocenters. The fraction of sp³-hybridized carbons (Fsp3) is 1.00. The lowest BCUT2D eigenvalue weighted by Crippen LogP contribution is -2.48. The number of piperidine rings is 1. The van der Waals surface area contributed by atoms with Gasteiger partial charge in [-0.1, -0.05) is 6.92 Å². The number of hydrogen-bond donors (Lipinski definition) is 1. The Morgan fingerprint density at radius 3 is 2.87 bits per heavy atom. The summed E-state index contributed by atoms with van der Waals surface area (Å²) in [5.74, 6) is 0.769. The van der Waals surface area contributed by atoms with Crippen molar-refractivity contribution in [2.24, 2.45) is 5.92 Å². The summed E-state index contributed by atoms with van der Waals surface area (Å²) in [6, 6.07) is 0.714. The summed E-state index contributed by atoms with van der Waals surface area (Å²) in [6.07, 6.45) is 4.32. The standard InChI is InChI=1S/C12H24N2O/c1-10-8-14(6-5-12(10)13-2)9-11-4-3-7-15-11/h10-13H,3-9H2,1-2H3. The molecule has 0 radical (unpaired) electrons. The zero-order valence-corrected chi connectivity index (χ0v) is 10.0. The summed E-state index contributed by atoms with van der Waals surface area (Å²) in [7, 11) is 2.08. The highest BCUT2D eigenvalue weighted by Crippen LogP contribution is 2.19. The Morgan fingerprint density at radius 1 is 1.40 bits per heavy atom. The van der Waals surface area contributed by atoms with Crippen LogP contribution in [0, 0.1) is 5.92 Å². The van der Waals surface area contributed by atoms with Gasteiger partial charge in [-0.15, -0.1) is 0 Å². The molecule has 2 fully saturated rings. The number of ether oxygens (including phenoxy) is 1. The molecular formula is C12H24N2O. The largest absolute Gasteiger partial charge is 0.377 e. The van der Waals surface area contributed by atoms with Crippen LogP contribution in [-0.4, -0.2) is 50.3 Å². The quantitative estimate of drug-likeness (QED) is 0.758. The molecule has 3 heteroatoms. The first-order valence-electron chi connectivity index (χ1n) is 6.31. The molecule has 2 heterocycles. The lowest BCUT2D eigenvalue weighted by Gasteiger charge is -2.37. The van der Waals surface area contributed by atoms with Crippen LogP contribution < -0.4 is 5.32 Å². The van der Waals surface area contributed by atoms with Crippen molar-refractivity contribution in [1.82, 2.24) is 10.2 Å². The Bertz CT molecular complexity index is 192. The van der Waals surface area contributed by atoms with Crippen LogP contribution in [0.3, 0.4) is 0 Å². The SMILES string of the molecule is CNC1CCN(CC2CCCO2)CC1C. The maximum absolute atomic E-state index is 5.69. The molecule has 0 bridgehead atoms. The van der Waals surface area contributed by atoms with Gasteiger partial charge in [-0.2, -0.15) is 0 Å². The van der Waals surface area contributed by atoms with Crippen LogP contribution in [0.15, 0.2) is 0 Å². The van der Waals surface area contributed by atoms with Crippen LogP contribution in [0.1, 0.15) is 26.2 Å². The normalized spacial score (nSPS) is 38.4. The average molecular weight is 212 g/mol. The Balaban J connectivity index is 1.75. The third kappa shape index (κ3) is 2.92. The van der Waals surface area contributed by atoms with E-state index in [0.29, 0.717) is 12.1 Å². The molecule has 2 aliphatic rings. The molecule has 0 saturated carbocycles. The first-order chi connectivity index (χ1) is 7.29. The predicted molar refractivity (Wildman–Crippen MR) is 62.0 cm³/mol. The molecular weight excluding hydrogens is 188 g/mol. The van der Waals surface area contributed by atoms with E-state index in [0.717, 1.165) is 19.1 Å². The summed E-state index contributed by atoms with van der Waals surface area (Å²) in [6.45, 7) is 6.94. The van der Waals surface area contributed by atoms with Gasteiger partial charge < -0.3 is 15.0 Å². The molecule has 3 unspecified atom stereocenters. The van der Waals surface area contributed by atoms with Gasteiger partial charge in [0.1, 0.15) is 0 Å². The molecule has 2 saturated heterocycles. The highest BCUT2D eigenvalue weighted by molar-refractivity contribution is 4.83. The Kier molecular flexibility index (Phi) is 4.00. The first kappa shape index (κ1) is 11.4. The minimum Gasteiger partial charge on any atom is -0.377 e. The fourth-order valence-electron chi connectivity index (χ4n) is 2.90. The Labute approximate surface area is 93.2 Å². The fourth-order valence-corrected chi connectivity index (χ4v) is 2.90. The summed E-state index contributed by atoms with van der Waals surface area (Å²) in [5.41, 5.74) is 0. The average Bonchev–Trinajstić information content (AvgIpc) is 2.71. The van der Waals surface area contributed by atoms with Crippen molar-refractivity contribution >= 4 is 0 Å². The van der Waals surface area contributed by atoms with E-state index < -0.39 is 0 Å². The van der Waals surface area contributed by atoms with Gasteiger partial charge in [-0.25, -0.2) is 0 Å². The van der Waals surface area contributed by atoms with Crippen molar-refractivity contribution in [1.29, 1.82) is 0 Å². The number of nitrogens with one attached hydrogen (secondary N) is 1. The summed E-state index contributed by atoms with van der Waals surface area (Å²) in [4.78, 5) is 2.58. The molecule has 15 heavy (non-hydrogen) atoms. The monoisotopic (exact) mass is 212 g/mol. The number of hydrogen-bond acceptors (Lipinski definition) is 3. The smallest absolute Gasteiger partial charge is 0.0702 e. The highest BCUT2D eigenvalue weighted by atomic mass is 16.5. The van der Waals surface area contributed by atoms with Crippen molar-refractivity contribution in [3.8, 4) is 0 Å². The number of rotatable bonds is 3. The third-order valence-corrected chi connectivity index (χ3v) is 3.85. The van der Waals surface area contributed by atoms with Gasteiger partial charge in [-0.05, 0) is 38.8 Å². The molecule has 0 aromatic rings. The first-order valence-corrected chi connectivity index (χ1v) is 6.31. The second kappa shape index (κ2) is 5.28. The van der Waals surface area contributed by atoms with Crippen LogP contribution in [0.5, 0.6) is 0 Å². The van der Waals surface area contributed by atoms with Gasteiger partial charge in [-0.3, -0.25) is 0 Å². The van der Waals surface area contributed by atoms with Gasteiger partial charge in [0.25, 0.3) is 0 Å². The number of likely N-dealkylation sites (tertiary alicyclic amines) is 1. The van der Waals surface area contributed by atoms with Crippen LogP contribution in [0.2, 0.25) is 0 Å². The number of nitrogens with zero attached hydrogens (tertiary/aromatic N) is 1. The minimum atomic E-state index is 0.517. The van der Waals surface area contributed by atoms with E-state index in [1.54, 1.807) is 0 Å². The van der Waals surface area contributed by atoms with E-state index in [-0.39, 0.29) is 0 Å². The summed E-state index contributed by atoms with van der Waals surface area (Å²) >= 11 is 0. The van der Waals surface area contributed by atoms with E-state index in [1.807, 2.05) is 0 Å². The molecule has 0 aromatic carbocycles.